The molecule has 0 radical (unpaired) electrons. The molecule has 0 saturated heterocycles. The average molecular weight is 312 g/mol. The van der Waals surface area contributed by atoms with Crippen molar-refractivity contribution >= 4 is 11.9 Å². The first kappa shape index (κ1) is 16.6. The van der Waals surface area contributed by atoms with Crippen molar-refractivity contribution in [1.29, 1.82) is 0 Å². The lowest BCUT2D eigenvalue weighted by Crippen LogP contribution is -2.05. The van der Waals surface area contributed by atoms with Crippen LogP contribution in [0.2, 0.25) is 0 Å². The van der Waals surface area contributed by atoms with Gasteiger partial charge in [-0.05, 0) is 30.2 Å². The number of rotatable bonds is 6. The lowest BCUT2D eigenvalue weighted by molar-refractivity contribution is 0.104. The number of ketones is 1. The van der Waals surface area contributed by atoms with E-state index in [1.54, 1.807) is 19.3 Å². The molecule has 0 bridgehead atoms. The Morgan fingerprint density at radius 2 is 1.61 bits per heavy atom. The molecule has 0 unspecified atom stereocenters. The fourth-order valence-corrected chi connectivity index (χ4v) is 2.40. The summed E-state index contributed by atoms with van der Waals surface area (Å²) in [5, 5.41) is 0. The first-order chi connectivity index (χ1) is 11.1. The molecule has 2 rings (SSSR count). The molecule has 0 spiro atoms. The summed E-state index contributed by atoms with van der Waals surface area (Å²) in [6, 6.07) is 11.4. The molecule has 0 aliphatic rings. The maximum atomic E-state index is 12.6. The summed E-state index contributed by atoms with van der Waals surface area (Å²) in [5.74, 6) is 1.18. The molecule has 0 aliphatic carbocycles. The molecule has 2 aromatic rings. The van der Waals surface area contributed by atoms with E-state index < -0.39 is 0 Å². The molecule has 0 fully saturated rings. The lowest BCUT2D eigenvalue weighted by atomic mass is 10.0. The van der Waals surface area contributed by atoms with Crippen molar-refractivity contribution in [3.05, 3.63) is 59.2 Å². The third-order valence-corrected chi connectivity index (χ3v) is 3.50. The van der Waals surface area contributed by atoms with Crippen molar-refractivity contribution < 1.29 is 19.0 Å². The Morgan fingerprint density at radius 3 is 2.17 bits per heavy atom. The van der Waals surface area contributed by atoms with Gasteiger partial charge in [0.1, 0.15) is 0 Å². The van der Waals surface area contributed by atoms with Gasteiger partial charge in [-0.25, -0.2) is 0 Å². The second-order valence-electron chi connectivity index (χ2n) is 4.95. The molecule has 2 aromatic carbocycles. The summed E-state index contributed by atoms with van der Waals surface area (Å²) < 4.78 is 16.0. The van der Waals surface area contributed by atoms with E-state index >= 15 is 0 Å². The fraction of sp³-hybridized carbons (Fsp3) is 0.211. The highest BCUT2D eigenvalue weighted by Crippen LogP contribution is 2.42. The number of ether oxygens (including phenoxy) is 3. The molecule has 23 heavy (non-hydrogen) atoms. The summed E-state index contributed by atoms with van der Waals surface area (Å²) in [6.07, 6.45) is 3.31. The van der Waals surface area contributed by atoms with Crippen molar-refractivity contribution in [2.24, 2.45) is 0 Å². The number of benzene rings is 2. The smallest absolute Gasteiger partial charge is 0.204 e. The molecule has 0 aliphatic heterocycles. The molecule has 4 nitrogen and oxygen atoms in total. The molecule has 0 atom stereocenters. The van der Waals surface area contributed by atoms with Gasteiger partial charge in [-0.3, -0.25) is 4.79 Å². The highest BCUT2D eigenvalue weighted by atomic mass is 16.5. The Kier molecular flexibility index (Phi) is 5.41. The number of hydrogen-bond donors (Lipinski definition) is 0. The number of allylic oxidation sites excluding steroid dienone is 1. The van der Waals surface area contributed by atoms with Crippen LogP contribution in [-0.4, -0.2) is 27.1 Å². The van der Waals surface area contributed by atoms with Gasteiger partial charge in [0.25, 0.3) is 0 Å². The molecular weight excluding hydrogens is 292 g/mol. The minimum Gasteiger partial charge on any atom is -0.493 e. The number of methoxy groups -OCH3 is 3. The van der Waals surface area contributed by atoms with Crippen LogP contribution >= 0.6 is 0 Å². The van der Waals surface area contributed by atoms with Gasteiger partial charge in [-0.15, -0.1) is 0 Å². The summed E-state index contributed by atoms with van der Waals surface area (Å²) in [4.78, 5) is 12.6. The second kappa shape index (κ2) is 7.49. The second-order valence-corrected chi connectivity index (χ2v) is 4.95. The maximum Gasteiger partial charge on any atom is 0.204 e. The van der Waals surface area contributed by atoms with Crippen LogP contribution in [0.15, 0.2) is 42.5 Å². The van der Waals surface area contributed by atoms with Gasteiger partial charge in [0, 0.05) is 0 Å². The minimum absolute atomic E-state index is 0.149. The summed E-state index contributed by atoms with van der Waals surface area (Å²) >= 11 is 0. The lowest BCUT2D eigenvalue weighted by Gasteiger charge is -2.16. The number of aryl methyl sites for hydroxylation is 1. The molecular formula is C19H20O4. The average Bonchev–Trinajstić information content (AvgIpc) is 2.59. The largest absolute Gasteiger partial charge is 0.493 e. The van der Waals surface area contributed by atoms with Gasteiger partial charge in [0.15, 0.2) is 17.3 Å². The van der Waals surface area contributed by atoms with Gasteiger partial charge in [0.2, 0.25) is 5.75 Å². The van der Waals surface area contributed by atoms with Crippen molar-refractivity contribution in [3.8, 4) is 17.2 Å². The molecule has 120 valence electrons. The Balaban J connectivity index is 2.46. The summed E-state index contributed by atoms with van der Waals surface area (Å²) in [7, 11) is 4.58. The van der Waals surface area contributed by atoms with Crippen LogP contribution in [0.1, 0.15) is 21.5 Å². The standard InChI is InChI=1S/C19H20O4/c1-13-12-16(21-2)18(22-3)19(23-4)17(13)15(20)11-10-14-8-6-5-7-9-14/h5-12H,1-4H3/b11-10+. The van der Waals surface area contributed by atoms with Crippen LogP contribution < -0.4 is 14.2 Å². The topological polar surface area (TPSA) is 44.8 Å². The third kappa shape index (κ3) is 3.54. The van der Waals surface area contributed by atoms with Gasteiger partial charge >= 0.3 is 0 Å². The van der Waals surface area contributed by atoms with E-state index in [2.05, 4.69) is 0 Å². The Hall–Kier alpha value is -2.75. The van der Waals surface area contributed by atoms with E-state index in [1.807, 2.05) is 37.3 Å². The van der Waals surface area contributed by atoms with Crippen molar-refractivity contribution in [1.82, 2.24) is 0 Å². The van der Waals surface area contributed by atoms with Crippen LogP contribution in [0.4, 0.5) is 0 Å². The molecule has 0 saturated carbocycles. The Morgan fingerprint density at radius 1 is 0.957 bits per heavy atom. The van der Waals surface area contributed by atoms with Gasteiger partial charge in [-0.1, -0.05) is 36.4 Å². The van der Waals surface area contributed by atoms with E-state index in [-0.39, 0.29) is 5.78 Å². The SMILES string of the molecule is COc1cc(C)c(C(=O)/C=C/c2ccccc2)c(OC)c1OC. The van der Waals surface area contributed by atoms with Gasteiger partial charge < -0.3 is 14.2 Å². The zero-order valence-electron chi connectivity index (χ0n) is 13.8. The van der Waals surface area contributed by atoms with Crippen LogP contribution in [0.25, 0.3) is 6.08 Å². The van der Waals surface area contributed by atoms with Crippen LogP contribution in [-0.2, 0) is 0 Å². The van der Waals surface area contributed by atoms with E-state index in [4.69, 9.17) is 14.2 Å². The first-order valence-electron chi connectivity index (χ1n) is 7.19. The summed E-state index contributed by atoms with van der Waals surface area (Å²) in [5.41, 5.74) is 2.19. The third-order valence-electron chi connectivity index (χ3n) is 3.50. The number of carbonyl (C=O) groups excluding carboxylic acids is 1. The molecule has 0 aromatic heterocycles. The fourth-order valence-electron chi connectivity index (χ4n) is 2.40. The van der Waals surface area contributed by atoms with Gasteiger partial charge in [0.05, 0.1) is 26.9 Å². The monoisotopic (exact) mass is 312 g/mol. The highest BCUT2D eigenvalue weighted by Gasteiger charge is 2.22. The Labute approximate surface area is 136 Å². The van der Waals surface area contributed by atoms with Crippen molar-refractivity contribution in [3.63, 3.8) is 0 Å². The predicted octanol–water partition coefficient (Wildman–Crippen LogP) is 3.92. The van der Waals surface area contributed by atoms with E-state index in [9.17, 15) is 4.79 Å². The predicted molar refractivity (Wildman–Crippen MR) is 90.6 cm³/mol. The van der Waals surface area contributed by atoms with E-state index in [1.165, 1.54) is 20.3 Å². The normalized spacial score (nSPS) is 10.6. The quantitative estimate of drug-likeness (QED) is 0.599. The number of hydrogen-bond acceptors (Lipinski definition) is 4. The van der Waals surface area contributed by atoms with E-state index in [0.717, 1.165) is 11.1 Å². The number of carbonyl (C=O) groups is 1. The van der Waals surface area contributed by atoms with Crippen molar-refractivity contribution in [2.75, 3.05) is 21.3 Å². The van der Waals surface area contributed by atoms with Crippen molar-refractivity contribution in [2.45, 2.75) is 6.92 Å². The maximum absolute atomic E-state index is 12.6. The molecule has 4 heteroatoms. The zero-order valence-corrected chi connectivity index (χ0v) is 13.8. The summed E-state index contributed by atoms with van der Waals surface area (Å²) in [6.45, 7) is 1.84. The van der Waals surface area contributed by atoms with Gasteiger partial charge in [-0.2, -0.15) is 0 Å². The van der Waals surface area contributed by atoms with E-state index in [0.29, 0.717) is 22.8 Å². The molecule has 0 heterocycles. The van der Waals surface area contributed by atoms with Crippen LogP contribution in [0.5, 0.6) is 17.2 Å². The highest BCUT2D eigenvalue weighted by molar-refractivity contribution is 6.10. The van der Waals surface area contributed by atoms with Crippen LogP contribution in [0.3, 0.4) is 0 Å². The van der Waals surface area contributed by atoms with Crippen LogP contribution in [0, 0.1) is 6.92 Å². The molecule has 0 N–H and O–H groups in total. The zero-order chi connectivity index (χ0) is 16.8. The first-order valence-corrected chi connectivity index (χ1v) is 7.19. The Bertz CT molecular complexity index is 718. The molecule has 0 amide bonds. The minimum atomic E-state index is -0.149.